The Bertz CT molecular complexity index is 751. The quantitative estimate of drug-likeness (QED) is 0.823. The van der Waals surface area contributed by atoms with Crippen molar-refractivity contribution < 1.29 is 4.79 Å². The van der Waals surface area contributed by atoms with Crippen LogP contribution in [0, 0.1) is 5.92 Å². The standard InChI is InChI=1S/C17H24N6O/c1-21(2)9-10-23-16-15(18-6-7-19-16)14(20-23)13-5-8-22(11-13)17(24)12-3-4-12/h6-7,12-13H,3-5,8-11H2,1-2H3/t13-/m1/s1. The molecule has 7 nitrogen and oxygen atoms in total. The van der Waals surface area contributed by atoms with Gasteiger partial charge in [0.1, 0.15) is 5.52 Å². The van der Waals surface area contributed by atoms with Crippen LogP contribution in [0.5, 0.6) is 0 Å². The molecule has 2 aromatic rings. The zero-order valence-electron chi connectivity index (χ0n) is 14.4. The van der Waals surface area contributed by atoms with Crippen molar-refractivity contribution >= 4 is 17.1 Å². The highest BCUT2D eigenvalue weighted by Gasteiger charge is 2.38. The third-order valence-electron chi connectivity index (χ3n) is 4.97. The van der Waals surface area contributed by atoms with Crippen LogP contribution in [0.1, 0.15) is 30.9 Å². The number of carbonyl (C=O) groups is 1. The van der Waals surface area contributed by atoms with Gasteiger partial charge in [-0.3, -0.25) is 4.79 Å². The van der Waals surface area contributed by atoms with Gasteiger partial charge in [-0.1, -0.05) is 0 Å². The van der Waals surface area contributed by atoms with Crippen molar-refractivity contribution in [2.75, 3.05) is 33.7 Å². The molecular formula is C17H24N6O. The lowest BCUT2D eigenvalue weighted by atomic mass is 10.0. The number of likely N-dealkylation sites (tertiary alicyclic amines) is 1. The molecule has 0 radical (unpaired) electrons. The van der Waals surface area contributed by atoms with Crippen molar-refractivity contribution in [2.24, 2.45) is 5.92 Å². The number of likely N-dealkylation sites (N-methyl/N-ethyl adjacent to an activating group) is 1. The Kier molecular flexibility index (Phi) is 3.96. The molecule has 2 aromatic heterocycles. The van der Waals surface area contributed by atoms with Crippen LogP contribution in [0.4, 0.5) is 0 Å². The lowest BCUT2D eigenvalue weighted by Crippen LogP contribution is -2.29. The molecule has 2 aliphatic rings. The highest BCUT2D eigenvalue weighted by atomic mass is 16.2. The number of amides is 1. The largest absolute Gasteiger partial charge is 0.342 e. The van der Waals surface area contributed by atoms with E-state index in [1.807, 2.05) is 9.58 Å². The Morgan fingerprint density at radius 2 is 2.04 bits per heavy atom. The molecule has 3 heterocycles. The molecule has 0 bridgehead atoms. The molecule has 2 fully saturated rings. The fourth-order valence-corrected chi connectivity index (χ4v) is 3.42. The summed E-state index contributed by atoms with van der Waals surface area (Å²) in [7, 11) is 4.10. The molecule has 0 unspecified atom stereocenters. The summed E-state index contributed by atoms with van der Waals surface area (Å²) in [5.74, 6) is 0.894. The fourth-order valence-electron chi connectivity index (χ4n) is 3.42. The van der Waals surface area contributed by atoms with Gasteiger partial charge in [-0.2, -0.15) is 5.10 Å². The minimum absolute atomic E-state index is 0.271. The predicted molar refractivity (Wildman–Crippen MR) is 90.5 cm³/mol. The second kappa shape index (κ2) is 6.12. The summed E-state index contributed by atoms with van der Waals surface area (Å²) in [4.78, 5) is 25.5. The van der Waals surface area contributed by atoms with E-state index in [-0.39, 0.29) is 11.8 Å². The predicted octanol–water partition coefficient (Wildman–Crippen LogP) is 1.11. The topological polar surface area (TPSA) is 67.2 Å². The van der Waals surface area contributed by atoms with Crippen LogP contribution in [-0.2, 0) is 11.3 Å². The first kappa shape index (κ1) is 15.5. The maximum Gasteiger partial charge on any atom is 0.225 e. The van der Waals surface area contributed by atoms with Crippen molar-refractivity contribution in [3.63, 3.8) is 0 Å². The van der Waals surface area contributed by atoms with Gasteiger partial charge in [0.05, 0.1) is 12.2 Å². The van der Waals surface area contributed by atoms with Crippen molar-refractivity contribution in [1.29, 1.82) is 0 Å². The van der Waals surface area contributed by atoms with E-state index in [1.165, 1.54) is 0 Å². The Labute approximate surface area is 141 Å². The normalized spacial score (nSPS) is 21.1. The van der Waals surface area contributed by atoms with E-state index in [1.54, 1.807) is 12.4 Å². The van der Waals surface area contributed by atoms with E-state index in [0.29, 0.717) is 5.91 Å². The van der Waals surface area contributed by atoms with Crippen molar-refractivity contribution in [1.82, 2.24) is 29.5 Å². The zero-order chi connectivity index (χ0) is 16.7. The summed E-state index contributed by atoms with van der Waals surface area (Å²) < 4.78 is 1.96. The van der Waals surface area contributed by atoms with E-state index in [2.05, 4.69) is 29.0 Å². The highest BCUT2D eigenvalue weighted by molar-refractivity contribution is 5.81. The van der Waals surface area contributed by atoms with Gasteiger partial charge >= 0.3 is 0 Å². The maximum atomic E-state index is 12.3. The summed E-state index contributed by atoms with van der Waals surface area (Å²) in [6.45, 7) is 3.31. The van der Waals surface area contributed by atoms with E-state index in [4.69, 9.17) is 5.10 Å². The van der Waals surface area contributed by atoms with Gasteiger partial charge < -0.3 is 9.80 Å². The minimum Gasteiger partial charge on any atom is -0.342 e. The number of rotatable bonds is 5. The average Bonchev–Trinajstić information content (AvgIpc) is 3.20. The number of nitrogens with zero attached hydrogens (tertiary/aromatic N) is 6. The number of hydrogen-bond acceptors (Lipinski definition) is 5. The Morgan fingerprint density at radius 3 is 2.79 bits per heavy atom. The smallest absolute Gasteiger partial charge is 0.225 e. The van der Waals surface area contributed by atoms with Crippen LogP contribution < -0.4 is 0 Å². The molecule has 0 aromatic carbocycles. The Balaban J connectivity index is 1.58. The highest BCUT2D eigenvalue weighted by Crippen LogP contribution is 2.35. The summed E-state index contributed by atoms with van der Waals surface area (Å²) >= 11 is 0. The molecule has 1 atom stereocenters. The van der Waals surface area contributed by atoms with Crippen molar-refractivity contribution in [3.05, 3.63) is 18.1 Å². The molecule has 4 rings (SSSR count). The molecule has 1 aliphatic heterocycles. The summed E-state index contributed by atoms with van der Waals surface area (Å²) in [6, 6.07) is 0. The molecule has 7 heteroatoms. The maximum absolute atomic E-state index is 12.3. The van der Waals surface area contributed by atoms with Crippen molar-refractivity contribution in [2.45, 2.75) is 31.7 Å². The van der Waals surface area contributed by atoms with Gasteiger partial charge in [-0.05, 0) is 33.4 Å². The molecule has 24 heavy (non-hydrogen) atoms. The molecular weight excluding hydrogens is 304 g/mol. The van der Waals surface area contributed by atoms with Crippen LogP contribution in [0.15, 0.2) is 12.4 Å². The van der Waals surface area contributed by atoms with Crippen LogP contribution in [0.25, 0.3) is 11.2 Å². The number of carbonyl (C=O) groups excluding carboxylic acids is 1. The van der Waals surface area contributed by atoms with Crippen LogP contribution >= 0.6 is 0 Å². The third-order valence-corrected chi connectivity index (χ3v) is 4.97. The third kappa shape index (κ3) is 2.88. The lowest BCUT2D eigenvalue weighted by molar-refractivity contribution is -0.131. The molecule has 1 saturated carbocycles. The molecule has 1 aliphatic carbocycles. The fraction of sp³-hybridized carbons (Fsp3) is 0.647. The van der Waals surface area contributed by atoms with Gasteiger partial charge in [0.15, 0.2) is 5.65 Å². The molecule has 1 saturated heterocycles. The Hall–Kier alpha value is -2.02. The summed E-state index contributed by atoms with van der Waals surface area (Å²) in [5.41, 5.74) is 2.74. The van der Waals surface area contributed by atoms with Crippen molar-refractivity contribution in [3.8, 4) is 0 Å². The van der Waals surface area contributed by atoms with E-state index in [0.717, 1.165) is 62.3 Å². The zero-order valence-corrected chi connectivity index (χ0v) is 14.4. The second-order valence-electron chi connectivity index (χ2n) is 7.18. The number of hydrogen-bond donors (Lipinski definition) is 0. The first-order chi connectivity index (χ1) is 11.6. The number of aromatic nitrogens is 4. The molecule has 0 spiro atoms. The molecule has 128 valence electrons. The average molecular weight is 328 g/mol. The van der Waals surface area contributed by atoms with Gasteiger partial charge in [0.2, 0.25) is 5.91 Å². The van der Waals surface area contributed by atoms with E-state index in [9.17, 15) is 4.79 Å². The first-order valence-electron chi connectivity index (χ1n) is 8.74. The van der Waals surface area contributed by atoms with Gasteiger partial charge in [-0.25, -0.2) is 14.6 Å². The second-order valence-corrected chi connectivity index (χ2v) is 7.18. The summed E-state index contributed by atoms with van der Waals surface area (Å²) in [5, 5.41) is 4.82. The SMILES string of the molecule is CN(C)CCn1nc([C@@H]2CCN(C(=O)C3CC3)C2)c2nccnc21. The van der Waals surface area contributed by atoms with Gasteiger partial charge in [0.25, 0.3) is 0 Å². The van der Waals surface area contributed by atoms with Crippen LogP contribution in [-0.4, -0.2) is 69.2 Å². The lowest BCUT2D eigenvalue weighted by Gasteiger charge is -2.15. The minimum atomic E-state index is 0.271. The van der Waals surface area contributed by atoms with E-state index < -0.39 is 0 Å². The Morgan fingerprint density at radius 1 is 1.25 bits per heavy atom. The first-order valence-corrected chi connectivity index (χ1v) is 8.74. The van der Waals surface area contributed by atoms with E-state index >= 15 is 0 Å². The molecule has 1 amide bonds. The van der Waals surface area contributed by atoms with Gasteiger partial charge in [-0.15, -0.1) is 0 Å². The van der Waals surface area contributed by atoms with Crippen LogP contribution in [0.2, 0.25) is 0 Å². The van der Waals surface area contributed by atoms with Gasteiger partial charge in [0, 0.05) is 43.9 Å². The molecule has 0 N–H and O–H groups in total. The number of fused-ring (bicyclic) bond motifs is 1. The monoisotopic (exact) mass is 328 g/mol. The van der Waals surface area contributed by atoms with Crippen LogP contribution in [0.3, 0.4) is 0 Å². The summed E-state index contributed by atoms with van der Waals surface area (Å²) in [6.07, 6.45) is 6.54.